The number of halogens is 2. The maximum absolute atomic E-state index is 14.0. The maximum Gasteiger partial charge on any atom is 0.245 e. The number of aromatic nitrogens is 1. The first-order valence-corrected chi connectivity index (χ1v) is 9.07. The fourth-order valence-electron chi connectivity index (χ4n) is 2.23. The van der Waals surface area contributed by atoms with Crippen LogP contribution in [0.1, 0.15) is 18.4 Å². The van der Waals surface area contributed by atoms with Crippen LogP contribution in [0.25, 0.3) is 0 Å². The molecular formula is C15H14BrFN2O2S. The van der Waals surface area contributed by atoms with Gasteiger partial charge in [-0.05, 0) is 37.1 Å². The van der Waals surface area contributed by atoms with Gasteiger partial charge in [0.1, 0.15) is 10.7 Å². The molecule has 0 amide bonds. The summed E-state index contributed by atoms with van der Waals surface area (Å²) in [7, 11) is -3.67. The summed E-state index contributed by atoms with van der Waals surface area (Å²) in [4.78, 5) is 4.00. The number of rotatable bonds is 5. The van der Waals surface area contributed by atoms with Gasteiger partial charge in [-0.3, -0.25) is 4.98 Å². The first kappa shape index (κ1) is 15.6. The molecule has 116 valence electrons. The fourth-order valence-corrected chi connectivity index (χ4v) is 4.19. The van der Waals surface area contributed by atoms with Crippen molar-refractivity contribution in [3.63, 3.8) is 0 Å². The van der Waals surface area contributed by atoms with Crippen molar-refractivity contribution in [1.29, 1.82) is 0 Å². The standard InChI is InChI=1S/C15H14BrFN2O2S/c16-12-4-3-11(15(17)8-12)10-19(13-5-6-13)22(20,21)14-2-1-7-18-9-14/h1-4,7-9,13H,5-6,10H2. The smallest absolute Gasteiger partial charge is 0.245 e. The van der Waals surface area contributed by atoms with Crippen molar-refractivity contribution < 1.29 is 12.8 Å². The zero-order valence-corrected chi connectivity index (χ0v) is 14.0. The summed E-state index contributed by atoms with van der Waals surface area (Å²) in [5, 5.41) is 0. The fraction of sp³-hybridized carbons (Fsp3) is 0.267. The number of hydrogen-bond acceptors (Lipinski definition) is 3. The third-order valence-corrected chi connectivity index (χ3v) is 5.91. The Bertz CT molecular complexity index is 779. The number of pyridine rings is 1. The first-order valence-electron chi connectivity index (χ1n) is 6.84. The van der Waals surface area contributed by atoms with Crippen molar-refractivity contribution in [2.75, 3.05) is 0 Å². The molecule has 7 heteroatoms. The second-order valence-corrected chi connectivity index (χ2v) is 8.01. The molecular weight excluding hydrogens is 371 g/mol. The number of nitrogens with zero attached hydrogens (tertiary/aromatic N) is 2. The molecule has 0 atom stereocenters. The van der Waals surface area contributed by atoms with Gasteiger partial charge in [0.15, 0.2) is 0 Å². The van der Waals surface area contributed by atoms with Gasteiger partial charge in [0.05, 0.1) is 0 Å². The lowest BCUT2D eigenvalue weighted by Crippen LogP contribution is -2.33. The van der Waals surface area contributed by atoms with Gasteiger partial charge in [-0.15, -0.1) is 0 Å². The van der Waals surface area contributed by atoms with E-state index in [0.29, 0.717) is 10.0 Å². The van der Waals surface area contributed by atoms with E-state index in [1.165, 1.54) is 28.8 Å². The summed E-state index contributed by atoms with van der Waals surface area (Å²) >= 11 is 3.20. The molecule has 0 N–H and O–H groups in total. The van der Waals surface area contributed by atoms with E-state index in [-0.39, 0.29) is 17.5 Å². The Labute approximate surface area is 137 Å². The van der Waals surface area contributed by atoms with Crippen LogP contribution in [0, 0.1) is 5.82 Å². The van der Waals surface area contributed by atoms with Gasteiger partial charge in [0, 0.05) is 35.0 Å². The van der Waals surface area contributed by atoms with Crippen molar-refractivity contribution in [3.05, 3.63) is 58.6 Å². The van der Waals surface area contributed by atoms with Crippen LogP contribution >= 0.6 is 15.9 Å². The molecule has 1 aliphatic carbocycles. The summed E-state index contributed by atoms with van der Waals surface area (Å²) in [6.45, 7) is 0.0288. The third-order valence-electron chi connectivity index (χ3n) is 3.54. The maximum atomic E-state index is 14.0. The van der Waals surface area contributed by atoms with E-state index in [2.05, 4.69) is 20.9 Å². The average Bonchev–Trinajstić information content (AvgIpc) is 3.31. The van der Waals surface area contributed by atoms with Gasteiger partial charge in [-0.1, -0.05) is 22.0 Å². The van der Waals surface area contributed by atoms with Crippen LogP contribution in [-0.2, 0) is 16.6 Å². The summed E-state index contributed by atoms with van der Waals surface area (Å²) < 4.78 is 41.5. The highest BCUT2D eigenvalue weighted by atomic mass is 79.9. The molecule has 1 heterocycles. The lowest BCUT2D eigenvalue weighted by molar-refractivity contribution is 0.391. The van der Waals surface area contributed by atoms with Crippen LogP contribution in [0.4, 0.5) is 4.39 Å². The second kappa shape index (κ2) is 6.06. The van der Waals surface area contributed by atoms with Crippen LogP contribution in [0.3, 0.4) is 0 Å². The molecule has 0 bridgehead atoms. The van der Waals surface area contributed by atoms with Crippen molar-refractivity contribution in [2.45, 2.75) is 30.3 Å². The molecule has 1 aromatic heterocycles. The Balaban J connectivity index is 1.94. The average molecular weight is 385 g/mol. The van der Waals surface area contributed by atoms with Gasteiger partial charge in [-0.2, -0.15) is 4.31 Å². The minimum atomic E-state index is -3.67. The number of benzene rings is 1. The SMILES string of the molecule is O=S(=O)(c1cccnc1)N(Cc1ccc(Br)cc1F)C1CC1. The Morgan fingerprint density at radius 3 is 2.68 bits per heavy atom. The van der Waals surface area contributed by atoms with Crippen molar-refractivity contribution >= 4 is 26.0 Å². The largest absolute Gasteiger partial charge is 0.263 e. The molecule has 22 heavy (non-hydrogen) atoms. The van der Waals surface area contributed by atoms with E-state index in [9.17, 15) is 12.8 Å². The molecule has 0 spiro atoms. The Hall–Kier alpha value is -1.31. The summed E-state index contributed by atoms with van der Waals surface area (Å²) in [5.41, 5.74) is 0.363. The van der Waals surface area contributed by atoms with Gasteiger partial charge in [0.25, 0.3) is 0 Å². The zero-order chi connectivity index (χ0) is 15.7. The van der Waals surface area contributed by atoms with Crippen molar-refractivity contribution in [2.24, 2.45) is 0 Å². The molecule has 0 unspecified atom stereocenters. The molecule has 3 rings (SSSR count). The van der Waals surface area contributed by atoms with Crippen LogP contribution in [0.2, 0.25) is 0 Å². The van der Waals surface area contributed by atoms with E-state index in [1.807, 2.05) is 0 Å². The summed E-state index contributed by atoms with van der Waals surface area (Å²) in [6, 6.07) is 7.69. The van der Waals surface area contributed by atoms with E-state index in [4.69, 9.17) is 0 Å². The molecule has 0 saturated heterocycles. The highest BCUT2D eigenvalue weighted by Gasteiger charge is 2.38. The summed E-state index contributed by atoms with van der Waals surface area (Å²) in [5.74, 6) is -0.415. The van der Waals surface area contributed by atoms with Gasteiger partial charge in [0.2, 0.25) is 10.0 Å². The minimum Gasteiger partial charge on any atom is -0.263 e. The quantitative estimate of drug-likeness (QED) is 0.794. The molecule has 1 fully saturated rings. The summed E-state index contributed by atoms with van der Waals surface area (Å²) in [6.07, 6.45) is 4.45. The lowest BCUT2D eigenvalue weighted by Gasteiger charge is -2.22. The molecule has 0 aliphatic heterocycles. The Morgan fingerprint density at radius 1 is 1.32 bits per heavy atom. The second-order valence-electron chi connectivity index (χ2n) is 5.21. The monoisotopic (exact) mass is 384 g/mol. The molecule has 0 radical (unpaired) electrons. The highest BCUT2D eigenvalue weighted by molar-refractivity contribution is 9.10. The van der Waals surface area contributed by atoms with Crippen LogP contribution in [0.5, 0.6) is 0 Å². The van der Waals surface area contributed by atoms with E-state index >= 15 is 0 Å². The zero-order valence-electron chi connectivity index (χ0n) is 11.6. The van der Waals surface area contributed by atoms with E-state index in [1.54, 1.807) is 18.2 Å². The van der Waals surface area contributed by atoms with Gasteiger partial charge < -0.3 is 0 Å². The van der Waals surface area contributed by atoms with E-state index in [0.717, 1.165) is 12.8 Å². The first-order chi connectivity index (χ1) is 10.5. The Kier molecular flexibility index (Phi) is 4.29. The predicted molar refractivity (Wildman–Crippen MR) is 84.1 cm³/mol. The van der Waals surface area contributed by atoms with Crippen LogP contribution in [-0.4, -0.2) is 23.7 Å². The molecule has 1 aromatic carbocycles. The molecule has 4 nitrogen and oxygen atoms in total. The lowest BCUT2D eigenvalue weighted by atomic mass is 10.2. The molecule has 1 saturated carbocycles. The van der Waals surface area contributed by atoms with E-state index < -0.39 is 15.8 Å². The van der Waals surface area contributed by atoms with Crippen molar-refractivity contribution in [3.8, 4) is 0 Å². The topological polar surface area (TPSA) is 50.3 Å². The number of hydrogen-bond donors (Lipinski definition) is 0. The number of sulfonamides is 1. The normalized spacial score (nSPS) is 15.2. The van der Waals surface area contributed by atoms with Crippen LogP contribution in [0.15, 0.2) is 52.1 Å². The molecule has 1 aliphatic rings. The van der Waals surface area contributed by atoms with Gasteiger partial charge in [-0.25, -0.2) is 12.8 Å². The third kappa shape index (κ3) is 3.21. The van der Waals surface area contributed by atoms with Gasteiger partial charge >= 0.3 is 0 Å². The minimum absolute atomic E-state index is 0.0288. The predicted octanol–water partition coefficient (Wildman–Crippen LogP) is 3.34. The highest BCUT2D eigenvalue weighted by Crippen LogP contribution is 2.33. The van der Waals surface area contributed by atoms with Crippen molar-refractivity contribution in [1.82, 2.24) is 9.29 Å². The van der Waals surface area contributed by atoms with Crippen LogP contribution < -0.4 is 0 Å². The Morgan fingerprint density at radius 2 is 2.09 bits per heavy atom. The molecule has 2 aromatic rings.